The molecule has 0 nitrogen and oxygen atoms in total. The van der Waals surface area contributed by atoms with Crippen LogP contribution in [0.1, 0.15) is 74.7 Å². The highest BCUT2D eigenvalue weighted by Crippen LogP contribution is 2.59. The van der Waals surface area contributed by atoms with Gasteiger partial charge in [-0.2, -0.15) is 0 Å². The number of rotatable bonds is 3. The third kappa shape index (κ3) is 3.52. The quantitative estimate of drug-likeness (QED) is 0.534. The molecule has 1 aliphatic heterocycles. The molecule has 0 aliphatic carbocycles. The summed E-state index contributed by atoms with van der Waals surface area (Å²) in [6, 6.07) is 0. The first-order valence-electron chi connectivity index (χ1n) is 7.57. The molecule has 1 heterocycles. The maximum atomic E-state index is 2.56. The summed E-state index contributed by atoms with van der Waals surface area (Å²) in [4.78, 5) is 0. The lowest BCUT2D eigenvalue weighted by Gasteiger charge is -2.52. The Labute approximate surface area is 110 Å². The van der Waals surface area contributed by atoms with Gasteiger partial charge in [0, 0.05) is 0 Å². The largest absolute Gasteiger partial charge is 0.151 e. The van der Waals surface area contributed by atoms with Gasteiger partial charge in [0.1, 0.15) is 0 Å². The Morgan fingerprint density at radius 1 is 1.12 bits per heavy atom. The van der Waals surface area contributed by atoms with Gasteiger partial charge in [-0.15, -0.1) is 0 Å². The van der Waals surface area contributed by atoms with E-state index in [1.54, 1.807) is 0 Å². The first-order valence-corrected chi connectivity index (χ1v) is 7.57. The average Bonchev–Trinajstić information content (AvgIpc) is 1.93. The molecule has 100 valence electrons. The van der Waals surface area contributed by atoms with E-state index in [4.69, 9.17) is 0 Å². The van der Waals surface area contributed by atoms with Crippen molar-refractivity contribution in [2.75, 3.05) is 0 Å². The zero-order valence-electron chi connectivity index (χ0n) is 13.4. The van der Waals surface area contributed by atoms with Crippen LogP contribution in [0.5, 0.6) is 0 Å². The fourth-order valence-corrected chi connectivity index (χ4v) is 5.57. The minimum atomic E-state index is 0.536. The van der Waals surface area contributed by atoms with Crippen LogP contribution in [-0.2, 0) is 0 Å². The van der Waals surface area contributed by atoms with Crippen molar-refractivity contribution in [3.63, 3.8) is 0 Å². The van der Waals surface area contributed by atoms with Crippen LogP contribution in [0.2, 0.25) is 16.9 Å². The van der Waals surface area contributed by atoms with E-state index in [0.717, 1.165) is 24.3 Å². The van der Waals surface area contributed by atoms with Crippen LogP contribution >= 0.6 is 0 Å². The summed E-state index contributed by atoms with van der Waals surface area (Å²) in [5, 5.41) is 0.545. The van der Waals surface area contributed by atoms with Gasteiger partial charge >= 0.3 is 0 Å². The lowest BCUT2D eigenvalue weighted by atomic mass is 9.18. The molecule has 0 bridgehead atoms. The van der Waals surface area contributed by atoms with Crippen molar-refractivity contribution in [3.8, 4) is 0 Å². The molecular weight excluding hydrogens is 203 g/mol. The third-order valence-corrected chi connectivity index (χ3v) is 4.77. The van der Waals surface area contributed by atoms with E-state index >= 15 is 0 Å². The highest BCUT2D eigenvalue weighted by atomic mass is 14.4. The predicted octanol–water partition coefficient (Wildman–Crippen LogP) is 5.91. The van der Waals surface area contributed by atoms with Crippen LogP contribution in [0.15, 0.2) is 0 Å². The topological polar surface area (TPSA) is 0 Å². The zero-order valence-corrected chi connectivity index (χ0v) is 13.4. The summed E-state index contributed by atoms with van der Waals surface area (Å²) < 4.78 is 0. The Balaban J connectivity index is 3.00. The second-order valence-corrected chi connectivity index (χ2v) is 8.54. The van der Waals surface area contributed by atoms with Crippen molar-refractivity contribution in [1.82, 2.24) is 0 Å². The Morgan fingerprint density at radius 2 is 1.65 bits per heavy atom. The van der Waals surface area contributed by atoms with Gasteiger partial charge in [0.25, 0.3) is 0 Å². The summed E-state index contributed by atoms with van der Waals surface area (Å²) in [5.41, 5.74) is 0.536. The molecule has 0 spiro atoms. The normalized spacial score (nSPS) is 33.5. The van der Waals surface area contributed by atoms with E-state index in [1.165, 1.54) is 19.3 Å². The average molecular weight is 236 g/mol. The van der Waals surface area contributed by atoms with E-state index in [2.05, 4.69) is 55.4 Å². The fourth-order valence-electron chi connectivity index (χ4n) is 5.57. The summed E-state index contributed by atoms with van der Waals surface area (Å²) in [5.74, 6) is 2.52. The molecule has 0 aromatic rings. The van der Waals surface area contributed by atoms with Crippen molar-refractivity contribution >= 4 is 6.71 Å². The van der Waals surface area contributed by atoms with Gasteiger partial charge in [0.2, 0.25) is 0 Å². The summed E-state index contributed by atoms with van der Waals surface area (Å²) >= 11 is 0. The van der Waals surface area contributed by atoms with Crippen molar-refractivity contribution in [2.45, 2.75) is 91.6 Å². The molecule has 1 fully saturated rings. The van der Waals surface area contributed by atoms with Crippen molar-refractivity contribution < 1.29 is 0 Å². The van der Waals surface area contributed by atoms with Gasteiger partial charge in [-0.05, 0) is 17.8 Å². The molecular formula is C16H33B. The van der Waals surface area contributed by atoms with Gasteiger partial charge in [0.05, 0.1) is 0 Å². The summed E-state index contributed by atoms with van der Waals surface area (Å²) in [6.45, 7) is 20.5. The predicted molar refractivity (Wildman–Crippen MR) is 81.1 cm³/mol. The van der Waals surface area contributed by atoms with E-state index < -0.39 is 0 Å². The summed E-state index contributed by atoms with van der Waals surface area (Å²) in [7, 11) is 0. The summed E-state index contributed by atoms with van der Waals surface area (Å²) in [6.07, 6.45) is 4.21. The van der Waals surface area contributed by atoms with Gasteiger partial charge < -0.3 is 0 Å². The molecule has 2 unspecified atom stereocenters. The van der Waals surface area contributed by atoms with Gasteiger partial charge in [0.15, 0.2) is 6.71 Å². The van der Waals surface area contributed by atoms with E-state index in [1.807, 2.05) is 0 Å². The van der Waals surface area contributed by atoms with Crippen molar-refractivity contribution in [1.29, 1.82) is 0 Å². The second-order valence-electron chi connectivity index (χ2n) is 8.54. The lowest BCUT2D eigenvalue weighted by molar-refractivity contribution is 0.213. The highest BCUT2D eigenvalue weighted by Gasteiger charge is 2.50. The van der Waals surface area contributed by atoms with Gasteiger partial charge in [-0.25, -0.2) is 0 Å². The lowest BCUT2D eigenvalue weighted by Crippen LogP contribution is -2.45. The number of hydrogen-bond donors (Lipinski definition) is 0. The molecule has 1 aliphatic rings. The maximum absolute atomic E-state index is 2.56. The minimum absolute atomic E-state index is 0.536. The van der Waals surface area contributed by atoms with Crippen LogP contribution in [-0.4, -0.2) is 6.71 Å². The first kappa shape index (κ1) is 15.1. The SMILES string of the molecule is CC(C)CC1(C)CC(C)(C)CC(C)B1C(C)C. The molecule has 1 heteroatoms. The van der Waals surface area contributed by atoms with E-state index in [-0.39, 0.29) is 0 Å². The maximum Gasteiger partial charge on any atom is 0.151 e. The first-order chi connectivity index (χ1) is 7.57. The molecule has 0 N–H and O–H groups in total. The van der Waals surface area contributed by atoms with E-state index in [0.29, 0.717) is 10.7 Å². The smallest absolute Gasteiger partial charge is 0.0693 e. The van der Waals surface area contributed by atoms with Crippen LogP contribution in [0.3, 0.4) is 0 Å². The van der Waals surface area contributed by atoms with Crippen LogP contribution in [0.4, 0.5) is 0 Å². The molecule has 17 heavy (non-hydrogen) atoms. The molecule has 0 amide bonds. The Morgan fingerprint density at radius 3 is 2.06 bits per heavy atom. The monoisotopic (exact) mass is 236 g/mol. The fraction of sp³-hybridized carbons (Fsp3) is 1.00. The molecule has 2 atom stereocenters. The van der Waals surface area contributed by atoms with Crippen LogP contribution in [0.25, 0.3) is 0 Å². The molecule has 0 aromatic heterocycles. The molecule has 0 saturated carbocycles. The Kier molecular flexibility index (Phi) is 4.43. The minimum Gasteiger partial charge on any atom is -0.0693 e. The standard InChI is InChI=1S/C16H33B/c1-12(2)9-16(8)11-15(6,7)10-14(5)17(16)13(3)4/h12-14H,9-11H2,1-8H3. The molecule has 0 aromatic carbocycles. The highest BCUT2D eigenvalue weighted by molar-refractivity contribution is 6.65. The third-order valence-electron chi connectivity index (χ3n) is 4.77. The van der Waals surface area contributed by atoms with Gasteiger partial charge in [-0.3, -0.25) is 0 Å². The second kappa shape index (κ2) is 4.98. The van der Waals surface area contributed by atoms with Crippen LogP contribution in [0, 0.1) is 11.3 Å². The Hall–Kier alpha value is 0.0649. The number of hydrogen-bond acceptors (Lipinski definition) is 0. The zero-order chi connectivity index (χ0) is 13.4. The van der Waals surface area contributed by atoms with Crippen molar-refractivity contribution in [3.05, 3.63) is 0 Å². The van der Waals surface area contributed by atoms with E-state index in [9.17, 15) is 0 Å². The van der Waals surface area contributed by atoms with Crippen LogP contribution < -0.4 is 0 Å². The molecule has 0 radical (unpaired) electrons. The van der Waals surface area contributed by atoms with Gasteiger partial charge in [-0.1, -0.05) is 85.2 Å². The molecule has 1 rings (SSSR count). The molecule has 1 saturated heterocycles. The Bertz CT molecular complexity index is 254. The van der Waals surface area contributed by atoms with Crippen molar-refractivity contribution in [2.24, 2.45) is 11.3 Å².